The van der Waals surface area contributed by atoms with E-state index < -0.39 is 0 Å². The van der Waals surface area contributed by atoms with E-state index in [-0.39, 0.29) is 12.1 Å². The molecule has 0 fully saturated rings. The lowest BCUT2D eigenvalue weighted by Gasteiger charge is -2.26. The van der Waals surface area contributed by atoms with Gasteiger partial charge in [-0.15, -0.1) is 0 Å². The summed E-state index contributed by atoms with van der Waals surface area (Å²) in [6, 6.07) is 0. The van der Waals surface area contributed by atoms with E-state index >= 15 is 0 Å². The van der Waals surface area contributed by atoms with Gasteiger partial charge in [-0.1, -0.05) is 6.42 Å². The Hall–Kier alpha value is 0.270. The van der Waals surface area contributed by atoms with Crippen LogP contribution in [0.25, 0.3) is 0 Å². The molecule has 0 saturated heterocycles. The molecule has 0 radical (unpaired) electrons. The predicted octanol–water partition coefficient (Wildman–Crippen LogP) is 1.49. The molecular formula is C9H21NOS. The Balaban J connectivity index is 3.45. The summed E-state index contributed by atoms with van der Waals surface area (Å²) in [6.45, 7) is 2.29. The molecule has 0 spiro atoms. The van der Waals surface area contributed by atoms with Crippen LogP contribution in [0.1, 0.15) is 26.2 Å². The van der Waals surface area contributed by atoms with Gasteiger partial charge >= 0.3 is 0 Å². The standard InChI is InChI=1S/C9H21NOS/c1-9(8-11,10-2)6-4-5-7-12-3/h10-11H,4-8H2,1-3H3. The molecule has 1 atom stereocenters. The van der Waals surface area contributed by atoms with Crippen molar-refractivity contribution in [3.8, 4) is 0 Å². The second-order valence-electron chi connectivity index (χ2n) is 3.42. The molecule has 0 heterocycles. The van der Waals surface area contributed by atoms with Crippen molar-refractivity contribution in [1.29, 1.82) is 0 Å². The number of likely N-dealkylation sites (N-methyl/N-ethyl adjacent to an activating group) is 1. The number of hydrogen-bond acceptors (Lipinski definition) is 3. The third kappa shape index (κ3) is 5.01. The fourth-order valence-electron chi connectivity index (χ4n) is 1.04. The fraction of sp³-hybridized carbons (Fsp3) is 1.00. The number of rotatable bonds is 7. The normalized spacial score (nSPS) is 16.0. The molecule has 0 aromatic carbocycles. The summed E-state index contributed by atoms with van der Waals surface area (Å²) >= 11 is 1.88. The molecule has 3 heteroatoms. The average molecular weight is 191 g/mol. The molecule has 0 amide bonds. The van der Waals surface area contributed by atoms with Crippen molar-refractivity contribution in [2.75, 3.05) is 25.7 Å². The Labute approximate surface area is 80.1 Å². The summed E-state index contributed by atoms with van der Waals surface area (Å²) < 4.78 is 0. The lowest BCUT2D eigenvalue weighted by Crippen LogP contribution is -2.43. The number of thioether (sulfide) groups is 1. The van der Waals surface area contributed by atoms with E-state index in [0.29, 0.717) is 0 Å². The van der Waals surface area contributed by atoms with Crippen molar-refractivity contribution < 1.29 is 5.11 Å². The highest BCUT2D eigenvalue weighted by Gasteiger charge is 2.19. The number of unbranched alkanes of at least 4 members (excludes halogenated alkanes) is 1. The molecule has 2 nitrogen and oxygen atoms in total. The van der Waals surface area contributed by atoms with Gasteiger partial charge in [-0.25, -0.2) is 0 Å². The number of aliphatic hydroxyl groups excluding tert-OH is 1. The summed E-state index contributed by atoms with van der Waals surface area (Å²) in [5.41, 5.74) is -0.0710. The Morgan fingerprint density at radius 2 is 2.08 bits per heavy atom. The van der Waals surface area contributed by atoms with E-state index in [9.17, 15) is 0 Å². The Kier molecular flexibility index (Phi) is 6.90. The average Bonchev–Trinajstić information content (AvgIpc) is 2.12. The van der Waals surface area contributed by atoms with Gasteiger partial charge in [0.15, 0.2) is 0 Å². The molecule has 0 aromatic rings. The zero-order valence-corrected chi connectivity index (χ0v) is 9.21. The lowest BCUT2D eigenvalue weighted by molar-refractivity contribution is 0.171. The first-order valence-corrected chi connectivity index (χ1v) is 5.86. The maximum Gasteiger partial charge on any atom is 0.0610 e. The molecule has 0 bridgehead atoms. The monoisotopic (exact) mass is 191 g/mol. The van der Waals surface area contributed by atoms with Gasteiger partial charge in [-0.2, -0.15) is 11.8 Å². The number of nitrogens with one attached hydrogen (secondary N) is 1. The molecule has 74 valence electrons. The predicted molar refractivity (Wildman–Crippen MR) is 56.8 cm³/mol. The molecule has 0 saturated carbocycles. The van der Waals surface area contributed by atoms with Crippen molar-refractivity contribution in [1.82, 2.24) is 5.32 Å². The van der Waals surface area contributed by atoms with Crippen LogP contribution in [-0.4, -0.2) is 36.3 Å². The van der Waals surface area contributed by atoms with Gasteiger partial charge in [-0.05, 0) is 38.8 Å². The van der Waals surface area contributed by atoms with Crippen LogP contribution in [0.2, 0.25) is 0 Å². The van der Waals surface area contributed by atoms with E-state index in [1.54, 1.807) is 0 Å². The van der Waals surface area contributed by atoms with Crippen LogP contribution in [0.4, 0.5) is 0 Å². The maximum atomic E-state index is 9.07. The van der Waals surface area contributed by atoms with Gasteiger partial charge < -0.3 is 10.4 Å². The minimum Gasteiger partial charge on any atom is -0.394 e. The first-order chi connectivity index (χ1) is 5.68. The first kappa shape index (κ1) is 12.3. The molecule has 0 rings (SSSR count). The summed E-state index contributed by atoms with van der Waals surface area (Å²) in [5.74, 6) is 1.23. The summed E-state index contributed by atoms with van der Waals surface area (Å²) in [5, 5.41) is 12.2. The van der Waals surface area contributed by atoms with Crippen LogP contribution < -0.4 is 5.32 Å². The molecule has 0 aliphatic rings. The van der Waals surface area contributed by atoms with Gasteiger partial charge in [0.2, 0.25) is 0 Å². The zero-order chi connectivity index (χ0) is 9.45. The molecule has 12 heavy (non-hydrogen) atoms. The Morgan fingerprint density at radius 3 is 2.50 bits per heavy atom. The van der Waals surface area contributed by atoms with Crippen molar-refractivity contribution in [3.63, 3.8) is 0 Å². The first-order valence-electron chi connectivity index (χ1n) is 4.47. The largest absolute Gasteiger partial charge is 0.394 e. The Morgan fingerprint density at radius 1 is 1.42 bits per heavy atom. The van der Waals surface area contributed by atoms with Crippen molar-refractivity contribution in [3.05, 3.63) is 0 Å². The van der Waals surface area contributed by atoms with Crippen LogP contribution in [0, 0.1) is 0 Å². The maximum absolute atomic E-state index is 9.07. The third-order valence-electron chi connectivity index (χ3n) is 2.28. The summed E-state index contributed by atoms with van der Waals surface area (Å²) in [4.78, 5) is 0. The molecule has 0 aliphatic heterocycles. The van der Waals surface area contributed by atoms with E-state index in [1.165, 1.54) is 18.6 Å². The summed E-state index contributed by atoms with van der Waals surface area (Å²) in [7, 11) is 1.91. The highest BCUT2D eigenvalue weighted by molar-refractivity contribution is 7.98. The van der Waals surface area contributed by atoms with Crippen molar-refractivity contribution in [2.45, 2.75) is 31.7 Å². The number of aliphatic hydroxyl groups is 1. The molecule has 2 N–H and O–H groups in total. The number of hydrogen-bond donors (Lipinski definition) is 2. The van der Waals surface area contributed by atoms with Crippen LogP contribution >= 0.6 is 11.8 Å². The summed E-state index contributed by atoms with van der Waals surface area (Å²) in [6.07, 6.45) is 5.63. The quantitative estimate of drug-likeness (QED) is 0.598. The van der Waals surface area contributed by atoms with E-state index in [4.69, 9.17) is 5.11 Å². The molecular weight excluding hydrogens is 170 g/mol. The second kappa shape index (κ2) is 6.75. The van der Waals surface area contributed by atoms with E-state index in [1.807, 2.05) is 18.8 Å². The van der Waals surface area contributed by atoms with Crippen LogP contribution in [-0.2, 0) is 0 Å². The lowest BCUT2D eigenvalue weighted by atomic mass is 9.96. The third-order valence-corrected chi connectivity index (χ3v) is 2.98. The minimum absolute atomic E-state index is 0.0710. The van der Waals surface area contributed by atoms with Crippen LogP contribution in [0.3, 0.4) is 0 Å². The van der Waals surface area contributed by atoms with Gasteiger partial charge in [0.05, 0.1) is 6.61 Å². The zero-order valence-electron chi connectivity index (χ0n) is 8.39. The van der Waals surface area contributed by atoms with Gasteiger partial charge in [0.25, 0.3) is 0 Å². The van der Waals surface area contributed by atoms with Gasteiger partial charge in [0, 0.05) is 5.54 Å². The SMILES string of the molecule is CNC(C)(CO)CCCCSC. The topological polar surface area (TPSA) is 32.3 Å². The van der Waals surface area contributed by atoms with Crippen molar-refractivity contribution in [2.24, 2.45) is 0 Å². The molecule has 0 aromatic heterocycles. The van der Waals surface area contributed by atoms with Crippen LogP contribution in [0.15, 0.2) is 0 Å². The fourth-order valence-corrected chi connectivity index (χ4v) is 1.54. The van der Waals surface area contributed by atoms with Gasteiger partial charge in [0.1, 0.15) is 0 Å². The van der Waals surface area contributed by atoms with Crippen LogP contribution in [0.5, 0.6) is 0 Å². The molecule has 0 aliphatic carbocycles. The molecule has 1 unspecified atom stereocenters. The van der Waals surface area contributed by atoms with Gasteiger partial charge in [-0.3, -0.25) is 0 Å². The second-order valence-corrected chi connectivity index (χ2v) is 4.40. The van der Waals surface area contributed by atoms with E-state index in [2.05, 4.69) is 18.5 Å². The minimum atomic E-state index is -0.0710. The highest BCUT2D eigenvalue weighted by Crippen LogP contribution is 2.13. The Bertz CT molecular complexity index is 105. The highest BCUT2D eigenvalue weighted by atomic mass is 32.2. The van der Waals surface area contributed by atoms with Crippen molar-refractivity contribution >= 4 is 11.8 Å². The van der Waals surface area contributed by atoms with E-state index in [0.717, 1.165) is 6.42 Å². The smallest absolute Gasteiger partial charge is 0.0610 e.